The predicted octanol–water partition coefficient (Wildman–Crippen LogP) is 4.62. The Morgan fingerprint density at radius 2 is 1.71 bits per heavy atom. The van der Waals surface area contributed by atoms with E-state index >= 15 is 0 Å². The van der Waals surface area contributed by atoms with Crippen LogP contribution in [0.1, 0.15) is 41.5 Å². The van der Waals surface area contributed by atoms with Gasteiger partial charge in [-0.15, -0.1) is 0 Å². The molecule has 0 radical (unpaired) electrons. The molecule has 1 aromatic heterocycles. The van der Waals surface area contributed by atoms with E-state index in [0.29, 0.717) is 40.2 Å². The normalized spacial score (nSPS) is 11.3. The minimum absolute atomic E-state index is 0.354. The zero-order chi connectivity index (χ0) is 20.5. The van der Waals surface area contributed by atoms with Crippen LogP contribution in [0, 0.1) is 0 Å². The molecule has 0 aliphatic heterocycles. The number of aromatic amines is 1. The van der Waals surface area contributed by atoms with Gasteiger partial charge >= 0.3 is 5.97 Å². The van der Waals surface area contributed by atoms with E-state index < -0.39 is 11.6 Å². The average Bonchev–Trinajstić information content (AvgIpc) is 3.04. The van der Waals surface area contributed by atoms with Gasteiger partial charge in [-0.1, -0.05) is 18.2 Å². The highest BCUT2D eigenvalue weighted by Crippen LogP contribution is 2.39. The summed E-state index contributed by atoms with van der Waals surface area (Å²) in [5.74, 6) is 0.412. The molecule has 0 bridgehead atoms. The molecule has 0 atom stereocenters. The van der Waals surface area contributed by atoms with Crippen molar-refractivity contribution in [1.82, 2.24) is 4.98 Å². The maximum Gasteiger partial charge on any atom is 0.341 e. The largest absolute Gasteiger partial charge is 0.496 e. The van der Waals surface area contributed by atoms with Crippen LogP contribution < -0.4 is 9.47 Å². The lowest BCUT2D eigenvalue weighted by molar-refractivity contribution is 0.00727. The molecule has 0 saturated carbocycles. The topological polar surface area (TPSA) is 77.6 Å². The Morgan fingerprint density at radius 1 is 1.04 bits per heavy atom. The van der Waals surface area contributed by atoms with E-state index in [2.05, 4.69) is 4.98 Å². The van der Waals surface area contributed by atoms with Gasteiger partial charge in [0.2, 0.25) is 0 Å². The number of methoxy groups -OCH3 is 2. The van der Waals surface area contributed by atoms with Crippen molar-refractivity contribution in [3.05, 3.63) is 47.5 Å². The first-order chi connectivity index (χ1) is 13.3. The second kappa shape index (κ2) is 7.38. The molecule has 0 aliphatic rings. The van der Waals surface area contributed by atoms with Gasteiger partial charge in [-0.05, 0) is 32.9 Å². The van der Waals surface area contributed by atoms with Gasteiger partial charge in [0.15, 0.2) is 6.29 Å². The Labute approximate surface area is 163 Å². The lowest BCUT2D eigenvalue weighted by Crippen LogP contribution is -2.24. The number of rotatable bonds is 5. The third kappa shape index (κ3) is 3.58. The molecule has 2 aromatic carbocycles. The summed E-state index contributed by atoms with van der Waals surface area (Å²) in [5, 5.41) is 0.734. The first-order valence-electron chi connectivity index (χ1n) is 8.84. The third-order valence-electron chi connectivity index (χ3n) is 4.26. The van der Waals surface area contributed by atoms with Gasteiger partial charge < -0.3 is 19.2 Å². The molecule has 0 spiro atoms. The number of hydrogen-bond donors (Lipinski definition) is 1. The molecule has 0 unspecified atom stereocenters. The Hall–Kier alpha value is -3.28. The van der Waals surface area contributed by atoms with Gasteiger partial charge in [-0.25, -0.2) is 4.79 Å². The summed E-state index contributed by atoms with van der Waals surface area (Å²) in [7, 11) is 3.01. The van der Waals surface area contributed by atoms with Crippen molar-refractivity contribution in [3.63, 3.8) is 0 Å². The molecule has 1 N–H and O–H groups in total. The van der Waals surface area contributed by atoms with Crippen LogP contribution in [0.25, 0.3) is 22.2 Å². The molecule has 1 heterocycles. The van der Waals surface area contributed by atoms with Crippen LogP contribution in [-0.2, 0) is 4.74 Å². The number of para-hydroxylation sites is 1. The molecule has 3 rings (SSSR count). The van der Waals surface area contributed by atoms with E-state index in [1.807, 2.05) is 45.0 Å². The van der Waals surface area contributed by atoms with Crippen molar-refractivity contribution >= 4 is 23.2 Å². The number of carbonyl (C=O) groups excluding carboxylic acids is 2. The Balaban J connectivity index is 2.31. The number of benzene rings is 2. The van der Waals surface area contributed by atoms with Gasteiger partial charge in [0.25, 0.3) is 0 Å². The molecule has 6 heteroatoms. The van der Waals surface area contributed by atoms with E-state index in [4.69, 9.17) is 14.2 Å². The van der Waals surface area contributed by atoms with Crippen LogP contribution in [0.3, 0.4) is 0 Å². The summed E-state index contributed by atoms with van der Waals surface area (Å²) in [5.41, 5.74) is 1.98. The van der Waals surface area contributed by atoms with E-state index in [9.17, 15) is 9.59 Å². The van der Waals surface area contributed by atoms with Crippen LogP contribution >= 0.6 is 0 Å². The van der Waals surface area contributed by atoms with Crippen LogP contribution in [0.15, 0.2) is 36.4 Å². The third-order valence-corrected chi connectivity index (χ3v) is 4.26. The van der Waals surface area contributed by atoms with Crippen LogP contribution in [-0.4, -0.2) is 37.1 Å². The minimum Gasteiger partial charge on any atom is -0.496 e. The molecule has 0 saturated heterocycles. The maximum absolute atomic E-state index is 13.0. The zero-order valence-electron chi connectivity index (χ0n) is 16.6. The number of esters is 1. The smallest absolute Gasteiger partial charge is 0.341 e. The van der Waals surface area contributed by atoms with Crippen LogP contribution in [0.4, 0.5) is 0 Å². The number of nitrogens with one attached hydrogen (secondary N) is 1. The summed E-state index contributed by atoms with van der Waals surface area (Å²) in [6, 6.07) is 10.7. The van der Waals surface area contributed by atoms with E-state index in [0.717, 1.165) is 10.9 Å². The highest BCUT2D eigenvalue weighted by molar-refractivity contribution is 6.11. The van der Waals surface area contributed by atoms with Crippen molar-refractivity contribution in [1.29, 1.82) is 0 Å². The SMILES string of the molecule is COc1cc(OC)c(-c2[nH]c3ccccc3c2C(=O)OC(C)(C)C)cc1C=O. The van der Waals surface area contributed by atoms with Crippen LogP contribution in [0.5, 0.6) is 11.5 Å². The molecule has 0 amide bonds. The molecule has 0 aliphatic carbocycles. The highest BCUT2D eigenvalue weighted by Gasteiger charge is 2.27. The second-order valence-electron chi connectivity index (χ2n) is 7.33. The summed E-state index contributed by atoms with van der Waals surface area (Å²) in [4.78, 5) is 27.8. The standard InChI is InChI=1S/C22H23NO5/c1-22(2,3)28-21(25)19-14-8-6-7-9-16(14)23-20(19)15-10-13(12-24)17(26-4)11-18(15)27-5/h6-12,23H,1-5H3. The van der Waals surface area contributed by atoms with Crippen molar-refractivity contribution < 1.29 is 23.8 Å². The van der Waals surface area contributed by atoms with Gasteiger partial charge in [-0.3, -0.25) is 4.79 Å². The van der Waals surface area contributed by atoms with E-state index in [-0.39, 0.29) is 0 Å². The van der Waals surface area contributed by atoms with E-state index in [1.165, 1.54) is 14.2 Å². The van der Waals surface area contributed by atoms with Gasteiger partial charge in [0.05, 0.1) is 31.0 Å². The summed E-state index contributed by atoms with van der Waals surface area (Å²) >= 11 is 0. The Bertz CT molecular complexity index is 1040. The Morgan fingerprint density at radius 3 is 2.32 bits per heavy atom. The zero-order valence-corrected chi connectivity index (χ0v) is 16.6. The number of carbonyl (C=O) groups is 2. The van der Waals surface area contributed by atoms with Crippen molar-refractivity contribution in [2.75, 3.05) is 14.2 Å². The number of ether oxygens (including phenoxy) is 3. The predicted molar refractivity (Wildman–Crippen MR) is 107 cm³/mol. The average molecular weight is 381 g/mol. The number of hydrogen-bond acceptors (Lipinski definition) is 5. The van der Waals surface area contributed by atoms with Crippen molar-refractivity contribution in [2.45, 2.75) is 26.4 Å². The number of aldehydes is 1. The van der Waals surface area contributed by atoms with Crippen molar-refractivity contribution in [3.8, 4) is 22.8 Å². The molecule has 6 nitrogen and oxygen atoms in total. The fraction of sp³-hybridized carbons (Fsp3) is 0.273. The molecule has 28 heavy (non-hydrogen) atoms. The second-order valence-corrected chi connectivity index (χ2v) is 7.33. The van der Waals surface area contributed by atoms with Gasteiger partial charge in [0.1, 0.15) is 17.1 Å². The molecule has 146 valence electrons. The minimum atomic E-state index is -0.648. The molecular weight excluding hydrogens is 358 g/mol. The first-order valence-corrected chi connectivity index (χ1v) is 8.84. The lowest BCUT2D eigenvalue weighted by atomic mass is 10.0. The lowest BCUT2D eigenvalue weighted by Gasteiger charge is -2.20. The fourth-order valence-corrected chi connectivity index (χ4v) is 3.10. The molecule has 0 fully saturated rings. The maximum atomic E-state index is 13.0. The van der Waals surface area contributed by atoms with Crippen molar-refractivity contribution in [2.24, 2.45) is 0 Å². The Kier molecular flexibility index (Phi) is 5.14. The fourth-order valence-electron chi connectivity index (χ4n) is 3.10. The number of aromatic nitrogens is 1. The monoisotopic (exact) mass is 381 g/mol. The summed E-state index contributed by atoms with van der Waals surface area (Å²) < 4.78 is 16.4. The summed E-state index contributed by atoms with van der Waals surface area (Å²) in [6.45, 7) is 5.45. The molecular formula is C22H23NO5. The first kappa shape index (κ1) is 19.5. The highest BCUT2D eigenvalue weighted by atomic mass is 16.6. The van der Waals surface area contributed by atoms with E-state index in [1.54, 1.807) is 12.1 Å². The number of fused-ring (bicyclic) bond motifs is 1. The quantitative estimate of drug-likeness (QED) is 0.515. The number of H-pyrrole nitrogens is 1. The van der Waals surface area contributed by atoms with Gasteiger partial charge in [0, 0.05) is 22.5 Å². The van der Waals surface area contributed by atoms with Gasteiger partial charge in [-0.2, -0.15) is 0 Å². The van der Waals surface area contributed by atoms with Crippen LogP contribution in [0.2, 0.25) is 0 Å². The molecule has 3 aromatic rings. The summed E-state index contributed by atoms with van der Waals surface area (Å²) in [6.07, 6.45) is 0.706.